The van der Waals surface area contributed by atoms with E-state index in [-0.39, 0.29) is 10.8 Å². The van der Waals surface area contributed by atoms with Crippen LogP contribution in [0.1, 0.15) is 49.1 Å². The van der Waals surface area contributed by atoms with E-state index < -0.39 is 16.1 Å². The molecule has 132 valence electrons. The molecule has 9 nitrogen and oxygen atoms in total. The third kappa shape index (κ3) is 3.50. The lowest BCUT2D eigenvalue weighted by Crippen LogP contribution is -2.29. The molecule has 0 bridgehead atoms. The van der Waals surface area contributed by atoms with E-state index in [4.69, 9.17) is 9.26 Å². The van der Waals surface area contributed by atoms with Gasteiger partial charge in [0.05, 0.1) is 11.7 Å². The van der Waals surface area contributed by atoms with E-state index in [1.807, 2.05) is 0 Å². The van der Waals surface area contributed by atoms with Gasteiger partial charge < -0.3 is 9.26 Å². The zero-order valence-electron chi connectivity index (χ0n) is 13.9. The van der Waals surface area contributed by atoms with Crippen LogP contribution in [-0.4, -0.2) is 41.6 Å². The van der Waals surface area contributed by atoms with Crippen LogP contribution in [0.3, 0.4) is 0 Å². The van der Waals surface area contributed by atoms with Gasteiger partial charge in [0, 0.05) is 39.3 Å². The number of nitrogens with zero attached hydrogens (tertiary/aromatic N) is 4. The molecule has 1 fully saturated rings. The summed E-state index contributed by atoms with van der Waals surface area (Å²) >= 11 is 0. The predicted molar refractivity (Wildman–Crippen MR) is 83.8 cm³/mol. The van der Waals surface area contributed by atoms with E-state index in [0.717, 1.165) is 12.8 Å². The molecule has 0 aromatic carbocycles. The molecule has 0 spiro atoms. The van der Waals surface area contributed by atoms with Crippen LogP contribution in [0.2, 0.25) is 0 Å². The highest BCUT2D eigenvalue weighted by atomic mass is 32.2. The lowest BCUT2D eigenvalue weighted by molar-refractivity contribution is 0.0838. The Morgan fingerprint density at radius 3 is 2.71 bits per heavy atom. The average molecular weight is 355 g/mol. The Hall–Kier alpha value is -1.78. The highest BCUT2D eigenvalue weighted by molar-refractivity contribution is 7.89. The van der Waals surface area contributed by atoms with Crippen LogP contribution in [0, 0.1) is 6.92 Å². The average Bonchev–Trinajstić information content (AvgIpc) is 3.14. The Morgan fingerprint density at radius 2 is 2.08 bits per heavy atom. The van der Waals surface area contributed by atoms with E-state index in [9.17, 15) is 8.42 Å². The number of sulfonamides is 1. The van der Waals surface area contributed by atoms with Crippen molar-refractivity contribution in [1.82, 2.24) is 24.6 Å². The molecule has 0 saturated carbocycles. The summed E-state index contributed by atoms with van der Waals surface area (Å²) in [5.74, 6) is 0.766. The molecular weight excluding hydrogens is 334 g/mol. The monoisotopic (exact) mass is 355 g/mol. The van der Waals surface area contributed by atoms with Crippen molar-refractivity contribution >= 4 is 10.0 Å². The largest absolute Gasteiger partial charge is 0.381 e. The summed E-state index contributed by atoms with van der Waals surface area (Å²) in [6, 6.07) is -0.602. The van der Waals surface area contributed by atoms with E-state index in [0.29, 0.717) is 30.6 Å². The van der Waals surface area contributed by atoms with Crippen molar-refractivity contribution in [3.8, 4) is 0 Å². The molecule has 1 aliphatic rings. The molecule has 2 aromatic heterocycles. The fourth-order valence-corrected chi connectivity index (χ4v) is 4.26. The molecule has 1 atom stereocenters. The lowest BCUT2D eigenvalue weighted by Gasteiger charge is -2.21. The summed E-state index contributed by atoms with van der Waals surface area (Å²) in [5.41, 5.74) is 0.588. The lowest BCUT2D eigenvalue weighted by atomic mass is 9.97. The zero-order valence-corrected chi connectivity index (χ0v) is 14.7. The first kappa shape index (κ1) is 17.1. The minimum Gasteiger partial charge on any atom is -0.381 e. The molecule has 0 radical (unpaired) electrons. The Balaban J connectivity index is 1.86. The van der Waals surface area contributed by atoms with Crippen LogP contribution in [0.5, 0.6) is 0 Å². The van der Waals surface area contributed by atoms with Crippen LogP contribution >= 0.6 is 0 Å². The number of hydrogen-bond acceptors (Lipinski definition) is 7. The van der Waals surface area contributed by atoms with Gasteiger partial charge in [-0.25, -0.2) is 13.1 Å². The van der Waals surface area contributed by atoms with Gasteiger partial charge in [-0.2, -0.15) is 10.1 Å². The zero-order chi connectivity index (χ0) is 17.3. The van der Waals surface area contributed by atoms with Crippen molar-refractivity contribution in [1.29, 1.82) is 0 Å². The molecule has 0 amide bonds. The summed E-state index contributed by atoms with van der Waals surface area (Å²) in [6.45, 7) is 4.56. The smallest absolute Gasteiger partial charge is 0.244 e. The van der Waals surface area contributed by atoms with Gasteiger partial charge in [-0.1, -0.05) is 5.16 Å². The first-order valence-electron chi connectivity index (χ1n) is 7.80. The Labute approximate surface area is 140 Å². The maximum atomic E-state index is 12.8. The first-order chi connectivity index (χ1) is 11.4. The quantitative estimate of drug-likeness (QED) is 0.853. The van der Waals surface area contributed by atoms with Crippen molar-refractivity contribution in [2.45, 2.75) is 43.5 Å². The second kappa shape index (κ2) is 6.61. The van der Waals surface area contributed by atoms with E-state index in [1.54, 1.807) is 20.9 Å². The molecular formula is C14H21N5O4S. The van der Waals surface area contributed by atoms with Crippen LogP contribution in [0.25, 0.3) is 0 Å². The van der Waals surface area contributed by atoms with Gasteiger partial charge in [0.15, 0.2) is 5.82 Å². The van der Waals surface area contributed by atoms with Crippen molar-refractivity contribution in [2.75, 3.05) is 13.2 Å². The number of aromatic nitrogens is 4. The van der Waals surface area contributed by atoms with Gasteiger partial charge in [-0.3, -0.25) is 4.68 Å². The van der Waals surface area contributed by atoms with Gasteiger partial charge in [0.1, 0.15) is 4.90 Å². The molecule has 1 N–H and O–H groups in total. The molecule has 1 unspecified atom stereocenters. The number of rotatable bonds is 5. The fraction of sp³-hybridized carbons (Fsp3) is 0.643. The Morgan fingerprint density at radius 1 is 1.38 bits per heavy atom. The van der Waals surface area contributed by atoms with Crippen LogP contribution < -0.4 is 4.72 Å². The van der Waals surface area contributed by atoms with Crippen LogP contribution in [0.4, 0.5) is 0 Å². The van der Waals surface area contributed by atoms with Crippen molar-refractivity contribution < 1.29 is 17.7 Å². The Kier molecular flexibility index (Phi) is 4.70. The second-order valence-corrected chi connectivity index (χ2v) is 7.64. The maximum Gasteiger partial charge on any atom is 0.244 e. The third-order valence-corrected chi connectivity index (χ3v) is 5.54. The molecule has 2 aromatic rings. The van der Waals surface area contributed by atoms with Crippen LogP contribution in [-0.2, 0) is 21.8 Å². The Bertz CT molecular complexity index is 807. The third-order valence-electron chi connectivity index (χ3n) is 3.98. The molecule has 1 saturated heterocycles. The van der Waals surface area contributed by atoms with Gasteiger partial charge in [-0.15, -0.1) is 0 Å². The fourth-order valence-electron chi connectivity index (χ4n) is 2.78. The van der Waals surface area contributed by atoms with Crippen molar-refractivity contribution in [3.63, 3.8) is 0 Å². The molecule has 24 heavy (non-hydrogen) atoms. The summed E-state index contributed by atoms with van der Waals surface area (Å²) in [7, 11) is -2.04. The minimum atomic E-state index is -3.75. The topological polar surface area (TPSA) is 112 Å². The molecule has 3 heterocycles. The van der Waals surface area contributed by atoms with Gasteiger partial charge in [-0.05, 0) is 19.8 Å². The number of aryl methyl sites for hydroxylation is 2. The highest BCUT2D eigenvalue weighted by Crippen LogP contribution is 2.31. The predicted octanol–water partition coefficient (Wildman–Crippen LogP) is 1.05. The summed E-state index contributed by atoms with van der Waals surface area (Å²) in [6.07, 6.45) is 3.06. The van der Waals surface area contributed by atoms with E-state index in [1.165, 1.54) is 10.9 Å². The number of ether oxygens (including phenoxy) is 1. The summed E-state index contributed by atoms with van der Waals surface area (Å²) in [5, 5.41) is 8.14. The van der Waals surface area contributed by atoms with Crippen molar-refractivity contribution in [3.05, 3.63) is 23.6 Å². The minimum absolute atomic E-state index is 0.0780. The van der Waals surface area contributed by atoms with E-state index >= 15 is 0 Å². The summed E-state index contributed by atoms with van der Waals surface area (Å²) < 4.78 is 40.0. The number of nitrogens with one attached hydrogen (secondary N) is 1. The highest BCUT2D eigenvalue weighted by Gasteiger charge is 2.30. The van der Waals surface area contributed by atoms with Gasteiger partial charge in [0.2, 0.25) is 15.9 Å². The van der Waals surface area contributed by atoms with Gasteiger partial charge in [0.25, 0.3) is 0 Å². The maximum absolute atomic E-state index is 12.8. The van der Waals surface area contributed by atoms with Crippen molar-refractivity contribution in [2.24, 2.45) is 7.05 Å². The van der Waals surface area contributed by atoms with E-state index in [2.05, 4.69) is 20.0 Å². The standard InChI is InChI=1S/C14H21N5O4S/c1-9(14-15-10(2)23-17-14)18-24(20,21)12-8-19(3)16-13(12)11-4-6-22-7-5-11/h8-9,11,18H,4-7H2,1-3H3. The molecule has 0 aliphatic carbocycles. The van der Waals surface area contributed by atoms with Crippen LogP contribution in [0.15, 0.2) is 15.6 Å². The molecule has 1 aliphatic heterocycles. The first-order valence-corrected chi connectivity index (χ1v) is 9.29. The molecule has 10 heteroatoms. The summed E-state index contributed by atoms with van der Waals surface area (Å²) in [4.78, 5) is 4.26. The SMILES string of the molecule is Cc1nc(C(C)NS(=O)(=O)c2cn(C)nc2C2CCOCC2)no1. The normalized spacial score (nSPS) is 18.0. The molecule has 3 rings (SSSR count). The second-order valence-electron chi connectivity index (χ2n) is 5.95. The van der Waals surface area contributed by atoms with Gasteiger partial charge >= 0.3 is 0 Å². The number of hydrogen-bond donors (Lipinski definition) is 1.